The number of ether oxygens (including phenoxy) is 3. The molecule has 2 saturated heterocycles. The highest BCUT2D eigenvalue weighted by Crippen LogP contribution is 2.36. The Morgan fingerprint density at radius 1 is 1.02 bits per heavy atom. The van der Waals surface area contributed by atoms with Crippen molar-refractivity contribution in [3.63, 3.8) is 0 Å². The van der Waals surface area contributed by atoms with Gasteiger partial charge in [-0.2, -0.15) is 4.98 Å². The van der Waals surface area contributed by atoms with Gasteiger partial charge in [0.15, 0.2) is 11.5 Å². The lowest BCUT2D eigenvalue weighted by Gasteiger charge is -2.31. The summed E-state index contributed by atoms with van der Waals surface area (Å²) in [5, 5.41) is 4.25. The van der Waals surface area contributed by atoms with Crippen LogP contribution in [0.3, 0.4) is 0 Å². The molecule has 0 spiro atoms. The van der Waals surface area contributed by atoms with Gasteiger partial charge in [-0.25, -0.2) is 4.98 Å². The number of nitrogens with one attached hydrogen (secondary N) is 2. The molecule has 1 aromatic carbocycles. The number of rotatable bonds is 11. The molecule has 2 aliphatic heterocycles. The molecule has 3 aromatic rings. The molecular weight excluding hydrogens is 508 g/mol. The molecule has 10 nitrogen and oxygen atoms in total. The zero-order chi connectivity index (χ0) is 28.1. The van der Waals surface area contributed by atoms with Crippen LogP contribution in [0.2, 0.25) is 0 Å². The number of aromatic amines is 1. The average Bonchev–Trinajstić information content (AvgIpc) is 3.48. The molecule has 0 radical (unpaired) electrons. The Kier molecular flexibility index (Phi) is 9.06. The zero-order valence-corrected chi connectivity index (χ0v) is 24.2. The van der Waals surface area contributed by atoms with Crippen molar-refractivity contribution in [1.82, 2.24) is 19.9 Å². The highest BCUT2D eigenvalue weighted by Gasteiger charge is 2.23. The summed E-state index contributed by atoms with van der Waals surface area (Å²) in [6.07, 6.45) is 5.65. The summed E-state index contributed by atoms with van der Waals surface area (Å²) in [5.74, 6) is 2.63. The molecule has 2 fully saturated rings. The molecule has 0 saturated carbocycles. The third-order valence-corrected chi connectivity index (χ3v) is 8.03. The van der Waals surface area contributed by atoms with Crippen LogP contribution in [-0.2, 0) is 11.3 Å². The number of hydrogen-bond donors (Lipinski definition) is 2. The van der Waals surface area contributed by atoms with Crippen molar-refractivity contribution in [2.45, 2.75) is 58.6 Å². The molecule has 0 aliphatic carbocycles. The third-order valence-electron chi connectivity index (χ3n) is 8.03. The molecule has 0 unspecified atom stereocenters. The number of aromatic nitrogens is 3. The maximum atomic E-state index is 12.7. The first-order valence-corrected chi connectivity index (χ1v) is 14.4. The van der Waals surface area contributed by atoms with Gasteiger partial charge in [0.2, 0.25) is 5.95 Å². The lowest BCUT2D eigenvalue weighted by atomic mass is 10.1. The summed E-state index contributed by atoms with van der Waals surface area (Å²) >= 11 is 0. The van der Waals surface area contributed by atoms with Crippen LogP contribution in [0, 0.1) is 13.8 Å². The Morgan fingerprint density at radius 2 is 1.80 bits per heavy atom. The van der Waals surface area contributed by atoms with E-state index >= 15 is 0 Å². The first kappa shape index (κ1) is 28.2. The summed E-state index contributed by atoms with van der Waals surface area (Å²) in [5.41, 5.74) is 3.15. The number of aryl methyl sites for hydroxylation is 2. The van der Waals surface area contributed by atoms with Crippen molar-refractivity contribution < 1.29 is 14.2 Å². The summed E-state index contributed by atoms with van der Waals surface area (Å²) in [6.45, 7) is 9.85. The number of pyridine rings is 1. The van der Waals surface area contributed by atoms with Crippen LogP contribution in [0.25, 0.3) is 10.9 Å². The molecule has 216 valence electrons. The van der Waals surface area contributed by atoms with Crippen LogP contribution in [0.5, 0.6) is 11.5 Å². The quantitative estimate of drug-likeness (QED) is 0.342. The monoisotopic (exact) mass is 550 g/mol. The molecular formula is C30H42N6O4. The van der Waals surface area contributed by atoms with Crippen molar-refractivity contribution in [3.8, 4) is 11.5 Å². The van der Waals surface area contributed by atoms with E-state index in [2.05, 4.69) is 20.1 Å². The second-order valence-electron chi connectivity index (χ2n) is 10.9. The number of nitrogens with zero attached hydrogens (tertiary/aromatic N) is 4. The first-order chi connectivity index (χ1) is 19.4. The first-order valence-electron chi connectivity index (χ1n) is 14.4. The Hall–Kier alpha value is -3.37. The van der Waals surface area contributed by atoms with E-state index in [0.717, 1.165) is 61.1 Å². The molecule has 2 aliphatic rings. The minimum absolute atomic E-state index is 0.0904. The van der Waals surface area contributed by atoms with Gasteiger partial charge < -0.3 is 34.3 Å². The van der Waals surface area contributed by atoms with E-state index in [9.17, 15) is 4.79 Å². The molecule has 2 N–H and O–H groups in total. The van der Waals surface area contributed by atoms with Crippen LogP contribution in [0.15, 0.2) is 23.0 Å². The summed E-state index contributed by atoms with van der Waals surface area (Å²) < 4.78 is 17.5. The van der Waals surface area contributed by atoms with Gasteiger partial charge in [-0.05, 0) is 76.7 Å². The normalized spacial score (nSPS) is 16.6. The van der Waals surface area contributed by atoms with Crippen LogP contribution in [0.1, 0.15) is 48.9 Å². The van der Waals surface area contributed by atoms with Crippen molar-refractivity contribution >= 4 is 22.7 Å². The van der Waals surface area contributed by atoms with Crippen molar-refractivity contribution in [2.24, 2.45) is 0 Å². The minimum Gasteiger partial charge on any atom is -0.493 e. The maximum absolute atomic E-state index is 12.7. The summed E-state index contributed by atoms with van der Waals surface area (Å²) in [7, 11) is 3.42. The SMILES string of the molecule is COc1cc2c(NCc3c(C)cc(C)[nH]c3=O)nc(N3CCC(OC)CC3)nc2cc1OCCCN1CCCC1. The molecule has 4 heterocycles. The topological polar surface area (TPSA) is 105 Å². The number of piperidine rings is 1. The van der Waals surface area contributed by atoms with Gasteiger partial charge in [-0.3, -0.25) is 4.79 Å². The zero-order valence-electron chi connectivity index (χ0n) is 24.2. The number of benzene rings is 1. The summed E-state index contributed by atoms with van der Waals surface area (Å²) in [6, 6.07) is 5.87. The largest absolute Gasteiger partial charge is 0.493 e. The van der Waals surface area contributed by atoms with Gasteiger partial charge in [0.05, 0.1) is 25.3 Å². The van der Waals surface area contributed by atoms with Crippen LogP contribution < -0.4 is 25.2 Å². The number of H-pyrrole nitrogens is 1. The van der Waals surface area contributed by atoms with Crippen molar-refractivity contribution in [2.75, 3.05) is 63.8 Å². The number of fused-ring (bicyclic) bond motifs is 1. The summed E-state index contributed by atoms with van der Waals surface area (Å²) in [4.78, 5) is 30.2. The van der Waals surface area contributed by atoms with Gasteiger partial charge in [0.1, 0.15) is 5.82 Å². The van der Waals surface area contributed by atoms with E-state index in [4.69, 9.17) is 24.2 Å². The third kappa shape index (κ3) is 6.50. The van der Waals surface area contributed by atoms with Crippen LogP contribution in [0.4, 0.5) is 11.8 Å². The Labute approximate surface area is 236 Å². The molecule has 0 atom stereocenters. The highest BCUT2D eigenvalue weighted by molar-refractivity contribution is 5.92. The van der Waals surface area contributed by atoms with Gasteiger partial charge in [-0.15, -0.1) is 0 Å². The van der Waals surface area contributed by atoms with Crippen LogP contribution in [-0.4, -0.2) is 79.5 Å². The molecule has 0 bridgehead atoms. The predicted molar refractivity (Wildman–Crippen MR) is 158 cm³/mol. The molecule has 2 aromatic heterocycles. The smallest absolute Gasteiger partial charge is 0.253 e. The maximum Gasteiger partial charge on any atom is 0.253 e. The van der Waals surface area contributed by atoms with Crippen molar-refractivity contribution in [1.29, 1.82) is 0 Å². The Balaban J connectivity index is 1.43. The standard InChI is InChI=1S/C30H42N6O4/c1-20-16-21(2)32-29(37)24(20)19-31-28-23-17-26(39-4)27(40-15-7-12-35-10-5-6-11-35)18-25(23)33-30(34-28)36-13-8-22(38-3)9-14-36/h16-18,22H,5-15,19H2,1-4H3,(H,32,37)(H,31,33,34). The van der Waals surface area contributed by atoms with E-state index in [1.807, 2.05) is 32.0 Å². The van der Waals surface area contributed by atoms with Gasteiger partial charge >= 0.3 is 0 Å². The molecule has 40 heavy (non-hydrogen) atoms. The van der Waals surface area contributed by atoms with E-state index < -0.39 is 0 Å². The fourth-order valence-electron chi connectivity index (χ4n) is 5.71. The van der Waals surface area contributed by atoms with Crippen LogP contribution >= 0.6 is 0 Å². The average molecular weight is 551 g/mol. The minimum atomic E-state index is -0.0904. The lowest BCUT2D eigenvalue weighted by molar-refractivity contribution is 0.0817. The number of likely N-dealkylation sites (tertiary alicyclic amines) is 1. The molecule has 5 rings (SSSR count). The second-order valence-corrected chi connectivity index (χ2v) is 10.9. The van der Waals surface area contributed by atoms with E-state index in [0.29, 0.717) is 42.0 Å². The van der Waals surface area contributed by atoms with Crippen molar-refractivity contribution in [3.05, 3.63) is 45.4 Å². The number of methoxy groups -OCH3 is 2. The second kappa shape index (κ2) is 12.9. The van der Waals surface area contributed by atoms with Gasteiger partial charge in [-0.1, -0.05) is 0 Å². The van der Waals surface area contributed by atoms with Gasteiger partial charge in [0.25, 0.3) is 5.56 Å². The fourth-order valence-corrected chi connectivity index (χ4v) is 5.71. The van der Waals surface area contributed by atoms with Gasteiger partial charge in [0, 0.05) is 56.0 Å². The van der Waals surface area contributed by atoms with E-state index in [1.54, 1.807) is 14.2 Å². The fraction of sp³-hybridized carbons (Fsp3) is 0.567. The van der Waals surface area contributed by atoms with E-state index in [1.165, 1.54) is 25.9 Å². The molecule has 0 amide bonds. The number of hydrogen-bond acceptors (Lipinski definition) is 9. The lowest BCUT2D eigenvalue weighted by Crippen LogP contribution is -2.37. The number of anilines is 2. The Bertz CT molecular complexity index is 1360. The predicted octanol–water partition coefficient (Wildman–Crippen LogP) is 4.04. The Morgan fingerprint density at radius 3 is 2.50 bits per heavy atom. The van der Waals surface area contributed by atoms with E-state index in [-0.39, 0.29) is 11.7 Å². The highest BCUT2D eigenvalue weighted by atomic mass is 16.5. The molecule has 10 heteroatoms.